The third kappa shape index (κ3) is 5.92. The van der Waals surface area contributed by atoms with Crippen molar-refractivity contribution in [2.24, 2.45) is 5.10 Å². The topological polar surface area (TPSA) is 56.2 Å². The van der Waals surface area contributed by atoms with Crippen molar-refractivity contribution in [3.63, 3.8) is 0 Å². The zero-order chi connectivity index (χ0) is 22.2. The molecule has 0 N–H and O–H groups in total. The first-order chi connectivity index (χ1) is 15.7. The number of carbonyl (C=O) groups is 2. The van der Waals surface area contributed by atoms with Gasteiger partial charge in [-0.25, -0.2) is 5.01 Å². The summed E-state index contributed by atoms with van der Waals surface area (Å²) in [6.45, 7) is 4.61. The van der Waals surface area contributed by atoms with Crippen LogP contribution < -0.4 is 0 Å². The molecule has 2 heterocycles. The van der Waals surface area contributed by atoms with Crippen molar-refractivity contribution in [1.82, 2.24) is 14.8 Å². The van der Waals surface area contributed by atoms with Crippen LogP contribution in [0.15, 0.2) is 71.8 Å². The minimum Gasteiger partial charge on any atom is -0.340 e. The average Bonchev–Trinajstić information content (AvgIpc) is 3.35. The van der Waals surface area contributed by atoms with Crippen LogP contribution in [0.3, 0.4) is 0 Å². The first-order valence-electron chi connectivity index (χ1n) is 11.3. The molecule has 0 radical (unpaired) electrons. The Morgan fingerprint density at radius 3 is 2.19 bits per heavy atom. The van der Waals surface area contributed by atoms with E-state index >= 15 is 0 Å². The van der Waals surface area contributed by atoms with Crippen LogP contribution in [0.1, 0.15) is 30.4 Å². The lowest BCUT2D eigenvalue weighted by molar-refractivity contribution is -0.137. The van der Waals surface area contributed by atoms with Crippen LogP contribution in [0.5, 0.6) is 0 Å². The molecule has 1 saturated heterocycles. The molecule has 4 rings (SSSR count). The van der Waals surface area contributed by atoms with Crippen molar-refractivity contribution in [2.45, 2.75) is 19.3 Å². The molecule has 2 amide bonds. The van der Waals surface area contributed by atoms with Gasteiger partial charge in [-0.15, -0.1) is 0 Å². The predicted octanol–water partition coefficient (Wildman–Crippen LogP) is 3.26. The molecule has 0 aliphatic carbocycles. The van der Waals surface area contributed by atoms with E-state index in [2.05, 4.69) is 34.3 Å². The zero-order valence-corrected chi connectivity index (χ0v) is 18.4. The molecular weight excluding hydrogens is 400 g/mol. The fourth-order valence-corrected chi connectivity index (χ4v) is 4.05. The van der Waals surface area contributed by atoms with E-state index in [1.54, 1.807) is 0 Å². The quantitative estimate of drug-likeness (QED) is 0.678. The molecule has 0 spiro atoms. The van der Waals surface area contributed by atoms with Crippen molar-refractivity contribution in [3.05, 3.63) is 77.9 Å². The highest BCUT2D eigenvalue weighted by atomic mass is 16.2. The number of rotatable bonds is 7. The Morgan fingerprint density at radius 2 is 1.47 bits per heavy atom. The normalized spacial score (nSPS) is 17.1. The smallest absolute Gasteiger partial charge is 0.243 e. The van der Waals surface area contributed by atoms with Crippen molar-refractivity contribution >= 4 is 23.6 Å². The van der Waals surface area contributed by atoms with Crippen LogP contribution in [0, 0.1) is 0 Å². The Balaban J connectivity index is 1.17. The third-order valence-corrected chi connectivity index (χ3v) is 5.95. The molecule has 0 bridgehead atoms. The van der Waals surface area contributed by atoms with Crippen LogP contribution in [-0.4, -0.2) is 71.6 Å². The average molecular weight is 431 g/mol. The molecule has 2 aromatic rings. The lowest BCUT2D eigenvalue weighted by Crippen LogP contribution is -2.48. The Morgan fingerprint density at radius 1 is 0.812 bits per heavy atom. The number of hydrogen-bond donors (Lipinski definition) is 0. The second-order valence-corrected chi connectivity index (χ2v) is 8.17. The second-order valence-electron chi connectivity index (χ2n) is 8.17. The van der Waals surface area contributed by atoms with Gasteiger partial charge in [0.25, 0.3) is 0 Å². The van der Waals surface area contributed by atoms with Crippen molar-refractivity contribution < 1.29 is 9.59 Å². The molecule has 0 unspecified atom stereocenters. The van der Waals surface area contributed by atoms with Gasteiger partial charge in [0.1, 0.15) is 0 Å². The molecule has 166 valence electrons. The fraction of sp³-hybridized carbons (Fsp3) is 0.346. The van der Waals surface area contributed by atoms with Crippen molar-refractivity contribution in [2.75, 3.05) is 39.3 Å². The van der Waals surface area contributed by atoms with E-state index in [-0.39, 0.29) is 24.7 Å². The van der Waals surface area contributed by atoms with Gasteiger partial charge < -0.3 is 4.90 Å². The maximum atomic E-state index is 12.6. The molecule has 2 aliphatic rings. The summed E-state index contributed by atoms with van der Waals surface area (Å²) in [5.41, 5.74) is 3.18. The Bertz CT molecular complexity index is 964. The van der Waals surface area contributed by atoms with E-state index in [1.165, 1.54) is 10.6 Å². The Kier molecular flexibility index (Phi) is 7.46. The standard InChI is InChI=1S/C26H30N4O2/c31-25(13-14-26(32)30-17-15-24(27-30)23-11-5-2-6-12-23)29-20-18-28(19-21-29)16-7-10-22-8-3-1-4-9-22/h1-12H,13-21H2/b10-7+. The number of piperazine rings is 1. The lowest BCUT2D eigenvalue weighted by Gasteiger charge is -2.34. The van der Waals surface area contributed by atoms with Crippen LogP contribution in [0.25, 0.3) is 6.08 Å². The molecule has 0 aromatic heterocycles. The molecule has 1 fully saturated rings. The summed E-state index contributed by atoms with van der Waals surface area (Å²) in [5, 5.41) is 5.99. The Labute approximate surface area is 189 Å². The lowest BCUT2D eigenvalue weighted by atomic mass is 10.1. The summed E-state index contributed by atoms with van der Waals surface area (Å²) in [4.78, 5) is 29.4. The number of amides is 2. The van der Waals surface area contributed by atoms with Crippen molar-refractivity contribution in [1.29, 1.82) is 0 Å². The van der Waals surface area contributed by atoms with Gasteiger partial charge in [-0.2, -0.15) is 5.10 Å². The van der Waals surface area contributed by atoms with Crippen LogP contribution in [0.4, 0.5) is 0 Å². The molecule has 0 atom stereocenters. The van der Waals surface area contributed by atoms with Gasteiger partial charge in [0.2, 0.25) is 11.8 Å². The number of benzene rings is 2. The predicted molar refractivity (Wildman–Crippen MR) is 127 cm³/mol. The number of hydrazone groups is 1. The minimum atomic E-state index is -0.0750. The summed E-state index contributed by atoms with van der Waals surface area (Å²) in [6, 6.07) is 20.2. The van der Waals surface area contributed by atoms with Crippen LogP contribution >= 0.6 is 0 Å². The molecule has 6 nitrogen and oxygen atoms in total. The zero-order valence-electron chi connectivity index (χ0n) is 18.4. The number of hydrogen-bond acceptors (Lipinski definition) is 4. The molecule has 0 saturated carbocycles. The first-order valence-corrected chi connectivity index (χ1v) is 11.3. The molecular formula is C26H30N4O2. The van der Waals surface area contributed by atoms with Crippen LogP contribution in [-0.2, 0) is 9.59 Å². The van der Waals surface area contributed by atoms with Gasteiger partial charge in [0.05, 0.1) is 12.3 Å². The highest BCUT2D eigenvalue weighted by Crippen LogP contribution is 2.15. The third-order valence-electron chi connectivity index (χ3n) is 5.95. The van der Waals surface area contributed by atoms with Crippen LogP contribution in [0.2, 0.25) is 0 Å². The maximum Gasteiger partial charge on any atom is 0.243 e. The van der Waals surface area contributed by atoms with E-state index in [0.717, 1.165) is 37.3 Å². The highest BCUT2D eigenvalue weighted by molar-refractivity contribution is 6.02. The molecule has 32 heavy (non-hydrogen) atoms. The van der Waals surface area contributed by atoms with Gasteiger partial charge in [-0.3, -0.25) is 14.5 Å². The van der Waals surface area contributed by atoms with Crippen molar-refractivity contribution in [3.8, 4) is 0 Å². The number of nitrogens with zero attached hydrogens (tertiary/aromatic N) is 4. The van der Waals surface area contributed by atoms with E-state index < -0.39 is 0 Å². The summed E-state index contributed by atoms with van der Waals surface area (Å²) in [6.07, 6.45) is 5.52. The summed E-state index contributed by atoms with van der Waals surface area (Å²) >= 11 is 0. The largest absolute Gasteiger partial charge is 0.340 e. The molecule has 2 aliphatic heterocycles. The fourth-order valence-electron chi connectivity index (χ4n) is 4.05. The van der Waals surface area contributed by atoms with Gasteiger partial charge >= 0.3 is 0 Å². The monoisotopic (exact) mass is 430 g/mol. The van der Waals surface area contributed by atoms with E-state index in [1.807, 2.05) is 53.4 Å². The van der Waals surface area contributed by atoms with Gasteiger partial charge in [-0.05, 0) is 11.1 Å². The van der Waals surface area contributed by atoms with Gasteiger partial charge in [0, 0.05) is 52.0 Å². The number of carbonyl (C=O) groups excluding carboxylic acids is 2. The maximum absolute atomic E-state index is 12.6. The molecule has 6 heteroatoms. The SMILES string of the molecule is O=C(CCC(=O)N1CCC(c2ccccc2)=N1)N1CCN(C/C=C/c2ccccc2)CC1. The summed E-state index contributed by atoms with van der Waals surface area (Å²) in [5.74, 6) is -0.0155. The summed E-state index contributed by atoms with van der Waals surface area (Å²) in [7, 11) is 0. The minimum absolute atomic E-state index is 0.0595. The van der Waals surface area contributed by atoms with E-state index in [9.17, 15) is 9.59 Å². The van der Waals surface area contributed by atoms with E-state index in [0.29, 0.717) is 19.6 Å². The highest BCUT2D eigenvalue weighted by Gasteiger charge is 2.24. The Hall–Kier alpha value is -3.25. The molecule has 2 aromatic carbocycles. The first kappa shape index (κ1) is 22.0. The van der Waals surface area contributed by atoms with Gasteiger partial charge in [-0.1, -0.05) is 72.8 Å². The summed E-state index contributed by atoms with van der Waals surface area (Å²) < 4.78 is 0. The van der Waals surface area contributed by atoms with Gasteiger partial charge in [0.15, 0.2) is 0 Å². The van der Waals surface area contributed by atoms with E-state index in [4.69, 9.17) is 0 Å². The second kappa shape index (κ2) is 10.9.